The molecule has 0 fully saturated rings. The van der Waals surface area contributed by atoms with E-state index in [-0.39, 0.29) is 5.97 Å². The molecule has 0 aliphatic carbocycles. The maximum absolute atomic E-state index is 11.3. The van der Waals surface area contributed by atoms with Crippen LogP contribution in [0.15, 0.2) is 18.2 Å². The fourth-order valence-corrected chi connectivity index (χ4v) is 1.41. The smallest absolute Gasteiger partial charge is 0.338 e. The Bertz CT molecular complexity index is 399. The van der Waals surface area contributed by atoms with Crippen LogP contribution in [0.2, 0.25) is 0 Å². The first-order valence-corrected chi connectivity index (χ1v) is 4.08. The van der Waals surface area contributed by atoms with Crippen LogP contribution in [0.25, 0.3) is 0 Å². The van der Waals surface area contributed by atoms with Crippen LogP contribution in [-0.4, -0.2) is 12.6 Å². The lowest BCUT2D eigenvalue weighted by molar-refractivity contribution is 0.0480. The molecule has 0 unspecified atom stereocenters. The summed E-state index contributed by atoms with van der Waals surface area (Å²) in [7, 11) is 0. The van der Waals surface area contributed by atoms with Gasteiger partial charge in [0.1, 0.15) is 0 Å². The maximum Gasteiger partial charge on any atom is 0.338 e. The van der Waals surface area contributed by atoms with E-state index in [9.17, 15) is 4.79 Å². The van der Waals surface area contributed by atoms with Gasteiger partial charge in [-0.25, -0.2) is 4.79 Å². The Morgan fingerprint density at radius 3 is 3.08 bits per heavy atom. The molecule has 1 aliphatic heterocycles. The summed E-state index contributed by atoms with van der Waals surface area (Å²) in [5.74, 6) is 2.22. The Morgan fingerprint density at radius 1 is 1.46 bits per heavy atom. The highest BCUT2D eigenvalue weighted by Crippen LogP contribution is 2.17. The van der Waals surface area contributed by atoms with E-state index in [1.807, 2.05) is 12.1 Å². The number of rotatable bonds is 0. The second kappa shape index (κ2) is 2.95. The molecule has 13 heavy (non-hydrogen) atoms. The lowest BCUT2D eigenvalue weighted by Crippen LogP contribution is -2.17. The van der Waals surface area contributed by atoms with Crippen LogP contribution in [0.3, 0.4) is 0 Å². The molecule has 64 valence electrons. The van der Waals surface area contributed by atoms with E-state index in [0.717, 1.165) is 17.5 Å². The summed E-state index contributed by atoms with van der Waals surface area (Å²) >= 11 is 0. The van der Waals surface area contributed by atoms with E-state index in [4.69, 9.17) is 11.2 Å². The molecule has 0 aromatic heterocycles. The molecule has 1 aliphatic rings. The molecule has 0 N–H and O–H groups in total. The van der Waals surface area contributed by atoms with Gasteiger partial charge in [-0.15, -0.1) is 6.42 Å². The molecule has 0 radical (unpaired) electrons. The summed E-state index contributed by atoms with van der Waals surface area (Å²) in [6.07, 6.45) is 6.01. The van der Waals surface area contributed by atoms with Gasteiger partial charge in [0.2, 0.25) is 0 Å². The second-order valence-corrected chi connectivity index (χ2v) is 2.90. The number of fused-ring (bicyclic) bond motifs is 1. The predicted molar refractivity (Wildman–Crippen MR) is 48.4 cm³/mol. The average Bonchev–Trinajstić information content (AvgIpc) is 2.18. The summed E-state index contributed by atoms with van der Waals surface area (Å²) in [6, 6.07) is 5.44. The quantitative estimate of drug-likeness (QED) is 0.436. The van der Waals surface area contributed by atoms with Crippen LogP contribution in [0.1, 0.15) is 21.5 Å². The number of esters is 1. The molecule has 0 amide bonds. The molecule has 0 atom stereocenters. The zero-order valence-electron chi connectivity index (χ0n) is 7.04. The van der Waals surface area contributed by atoms with E-state index in [2.05, 4.69) is 5.92 Å². The van der Waals surface area contributed by atoms with Gasteiger partial charge in [0.25, 0.3) is 0 Å². The molecular formula is C11H8O2. The number of carbonyl (C=O) groups excluding carboxylic acids is 1. The summed E-state index contributed by atoms with van der Waals surface area (Å²) in [5, 5.41) is 0. The van der Waals surface area contributed by atoms with E-state index in [1.165, 1.54) is 0 Å². The Labute approximate surface area is 76.5 Å². The summed E-state index contributed by atoms with van der Waals surface area (Å²) in [5.41, 5.74) is 2.36. The van der Waals surface area contributed by atoms with Crippen molar-refractivity contribution in [3.63, 3.8) is 0 Å². The van der Waals surface area contributed by atoms with Gasteiger partial charge in [0.05, 0.1) is 12.2 Å². The third-order valence-electron chi connectivity index (χ3n) is 2.10. The Morgan fingerprint density at radius 2 is 2.31 bits per heavy atom. The van der Waals surface area contributed by atoms with Gasteiger partial charge >= 0.3 is 5.97 Å². The van der Waals surface area contributed by atoms with Crippen molar-refractivity contribution in [3.8, 4) is 12.3 Å². The van der Waals surface area contributed by atoms with Gasteiger partial charge in [0, 0.05) is 12.0 Å². The third-order valence-corrected chi connectivity index (χ3v) is 2.10. The topological polar surface area (TPSA) is 26.3 Å². The minimum atomic E-state index is -0.265. The lowest BCUT2D eigenvalue weighted by Gasteiger charge is -2.15. The molecule has 1 aromatic carbocycles. The molecule has 2 rings (SSSR count). The van der Waals surface area contributed by atoms with Gasteiger partial charge in [0.15, 0.2) is 0 Å². The molecule has 1 aromatic rings. The Balaban J connectivity index is 2.55. The number of ether oxygens (including phenoxy) is 1. The third kappa shape index (κ3) is 1.29. The highest BCUT2D eigenvalue weighted by Gasteiger charge is 2.17. The Hall–Kier alpha value is -1.75. The Kier molecular flexibility index (Phi) is 1.79. The fourth-order valence-electron chi connectivity index (χ4n) is 1.41. The number of hydrogen-bond acceptors (Lipinski definition) is 2. The van der Waals surface area contributed by atoms with E-state index in [1.54, 1.807) is 6.07 Å². The number of carbonyl (C=O) groups is 1. The molecule has 0 saturated carbocycles. The molecule has 0 bridgehead atoms. The van der Waals surface area contributed by atoms with Crippen molar-refractivity contribution >= 4 is 5.97 Å². The minimum absolute atomic E-state index is 0.265. The van der Waals surface area contributed by atoms with Crippen LogP contribution in [0.4, 0.5) is 0 Å². The highest BCUT2D eigenvalue weighted by atomic mass is 16.5. The van der Waals surface area contributed by atoms with Crippen molar-refractivity contribution in [1.29, 1.82) is 0 Å². The van der Waals surface area contributed by atoms with E-state index >= 15 is 0 Å². The lowest BCUT2D eigenvalue weighted by atomic mass is 10.0. The normalized spacial score (nSPS) is 14.2. The van der Waals surface area contributed by atoms with Crippen molar-refractivity contribution in [2.24, 2.45) is 0 Å². The number of cyclic esters (lactones) is 1. The first-order valence-electron chi connectivity index (χ1n) is 4.08. The van der Waals surface area contributed by atoms with Gasteiger partial charge in [-0.05, 0) is 17.7 Å². The zero-order chi connectivity index (χ0) is 9.26. The molecular weight excluding hydrogens is 164 g/mol. The second-order valence-electron chi connectivity index (χ2n) is 2.90. The van der Waals surface area contributed by atoms with Crippen LogP contribution in [-0.2, 0) is 11.2 Å². The standard InChI is InChI=1S/C11H8O2/c1-2-8-3-4-9-5-6-13-11(12)10(9)7-8/h1,3-4,7H,5-6H2. The van der Waals surface area contributed by atoms with E-state index < -0.39 is 0 Å². The molecule has 0 spiro atoms. The monoisotopic (exact) mass is 172 g/mol. The summed E-state index contributed by atoms with van der Waals surface area (Å²) in [6.45, 7) is 0.473. The van der Waals surface area contributed by atoms with E-state index in [0.29, 0.717) is 12.2 Å². The fraction of sp³-hybridized carbons (Fsp3) is 0.182. The maximum atomic E-state index is 11.3. The van der Waals surface area contributed by atoms with Crippen LogP contribution >= 0.6 is 0 Å². The largest absolute Gasteiger partial charge is 0.462 e. The number of hydrogen-bond donors (Lipinski definition) is 0. The van der Waals surface area contributed by atoms with Crippen molar-refractivity contribution < 1.29 is 9.53 Å². The molecule has 0 saturated heterocycles. The van der Waals surface area contributed by atoms with Gasteiger partial charge in [-0.1, -0.05) is 12.0 Å². The molecule has 2 heteroatoms. The van der Waals surface area contributed by atoms with Crippen LogP contribution in [0, 0.1) is 12.3 Å². The molecule has 1 heterocycles. The zero-order valence-corrected chi connectivity index (χ0v) is 7.04. The van der Waals surface area contributed by atoms with Crippen molar-refractivity contribution in [3.05, 3.63) is 34.9 Å². The van der Waals surface area contributed by atoms with Gasteiger partial charge < -0.3 is 4.74 Å². The van der Waals surface area contributed by atoms with Crippen molar-refractivity contribution in [2.75, 3.05) is 6.61 Å². The predicted octanol–water partition coefficient (Wildman–Crippen LogP) is 1.38. The first-order chi connectivity index (χ1) is 6.31. The van der Waals surface area contributed by atoms with Gasteiger partial charge in [-0.3, -0.25) is 0 Å². The highest BCUT2D eigenvalue weighted by molar-refractivity contribution is 5.92. The van der Waals surface area contributed by atoms with Crippen LogP contribution < -0.4 is 0 Å². The molecule has 2 nitrogen and oxygen atoms in total. The van der Waals surface area contributed by atoms with Gasteiger partial charge in [-0.2, -0.15) is 0 Å². The summed E-state index contributed by atoms with van der Waals surface area (Å²) in [4.78, 5) is 11.3. The van der Waals surface area contributed by atoms with Crippen LogP contribution in [0.5, 0.6) is 0 Å². The van der Waals surface area contributed by atoms with Crippen molar-refractivity contribution in [1.82, 2.24) is 0 Å². The summed E-state index contributed by atoms with van der Waals surface area (Å²) < 4.78 is 4.90. The first kappa shape index (κ1) is 7.88. The average molecular weight is 172 g/mol. The number of benzene rings is 1. The number of terminal acetylenes is 1. The van der Waals surface area contributed by atoms with Crippen molar-refractivity contribution in [2.45, 2.75) is 6.42 Å². The SMILES string of the molecule is C#Cc1ccc2c(c1)C(=O)OCC2. The minimum Gasteiger partial charge on any atom is -0.462 e.